The zero-order valence-corrected chi connectivity index (χ0v) is 17.7. The Labute approximate surface area is 168 Å². The van der Waals surface area contributed by atoms with E-state index in [9.17, 15) is 8.42 Å². The number of sulfonamides is 1. The molecular weight excluding hydrogens is 372 g/mol. The molecule has 0 bridgehead atoms. The SMILES string of the molecule is CC(C)(C)n1ccc(CN2CCC(C3Nc4ccccc4S(=O)(=O)N3)CC2)c1. The molecule has 2 aliphatic rings. The maximum Gasteiger partial charge on any atom is 0.244 e. The Morgan fingerprint density at radius 3 is 2.50 bits per heavy atom. The molecule has 0 spiro atoms. The molecule has 0 saturated carbocycles. The van der Waals surface area contributed by atoms with Gasteiger partial charge in [0, 0.05) is 24.5 Å². The molecule has 2 aliphatic heterocycles. The Hall–Kier alpha value is -1.83. The summed E-state index contributed by atoms with van der Waals surface area (Å²) in [5.74, 6) is 0.290. The Balaban J connectivity index is 1.37. The lowest BCUT2D eigenvalue weighted by molar-refractivity contribution is 0.163. The zero-order chi connectivity index (χ0) is 19.9. The number of likely N-dealkylation sites (tertiary alicyclic amines) is 1. The molecule has 1 unspecified atom stereocenters. The van der Waals surface area contributed by atoms with E-state index in [1.165, 1.54) is 5.56 Å². The van der Waals surface area contributed by atoms with Gasteiger partial charge in [0.15, 0.2) is 0 Å². The van der Waals surface area contributed by atoms with Crippen LogP contribution in [0.3, 0.4) is 0 Å². The van der Waals surface area contributed by atoms with E-state index in [0.717, 1.165) is 32.5 Å². The van der Waals surface area contributed by atoms with Gasteiger partial charge in [0.25, 0.3) is 0 Å². The second kappa shape index (κ2) is 7.21. The van der Waals surface area contributed by atoms with Crippen molar-refractivity contribution in [3.8, 4) is 0 Å². The first-order valence-corrected chi connectivity index (χ1v) is 11.5. The largest absolute Gasteiger partial charge is 0.368 e. The normalized spacial score (nSPS) is 23.2. The molecule has 7 heteroatoms. The van der Waals surface area contributed by atoms with Gasteiger partial charge in [-0.15, -0.1) is 0 Å². The lowest BCUT2D eigenvalue weighted by atomic mass is 9.93. The number of para-hydroxylation sites is 1. The molecule has 1 aromatic heterocycles. The van der Waals surface area contributed by atoms with Crippen LogP contribution in [0.4, 0.5) is 5.69 Å². The second-order valence-corrected chi connectivity index (χ2v) is 10.6. The van der Waals surface area contributed by atoms with Gasteiger partial charge in [-0.2, -0.15) is 4.72 Å². The van der Waals surface area contributed by atoms with E-state index in [-0.39, 0.29) is 11.7 Å². The van der Waals surface area contributed by atoms with Crippen molar-refractivity contribution in [2.75, 3.05) is 18.4 Å². The summed E-state index contributed by atoms with van der Waals surface area (Å²) in [6, 6.07) is 9.32. The van der Waals surface area contributed by atoms with E-state index in [0.29, 0.717) is 16.5 Å². The molecule has 28 heavy (non-hydrogen) atoms. The third kappa shape index (κ3) is 3.97. The van der Waals surface area contributed by atoms with E-state index >= 15 is 0 Å². The van der Waals surface area contributed by atoms with Crippen molar-refractivity contribution in [2.24, 2.45) is 5.92 Å². The summed E-state index contributed by atoms with van der Waals surface area (Å²) >= 11 is 0. The zero-order valence-electron chi connectivity index (χ0n) is 16.9. The standard InChI is InChI=1S/C21H30N4O2S/c1-21(2,3)25-13-8-16(15-25)14-24-11-9-17(10-12-24)20-22-18-6-4-5-7-19(18)28(26,27)23-20/h4-8,13,15,17,20,22-23H,9-12,14H2,1-3H3. The van der Waals surface area contributed by atoms with Gasteiger partial charge >= 0.3 is 0 Å². The number of aromatic nitrogens is 1. The van der Waals surface area contributed by atoms with Crippen LogP contribution in [0.2, 0.25) is 0 Å². The summed E-state index contributed by atoms with van der Waals surface area (Å²) in [7, 11) is -3.44. The minimum absolute atomic E-state index is 0.103. The molecule has 1 atom stereocenters. The molecule has 1 aromatic carbocycles. The molecule has 1 saturated heterocycles. The third-order valence-electron chi connectivity index (χ3n) is 5.81. The number of hydrogen-bond donors (Lipinski definition) is 2. The number of benzene rings is 1. The topological polar surface area (TPSA) is 66.4 Å². The molecule has 152 valence electrons. The van der Waals surface area contributed by atoms with Crippen LogP contribution in [0.25, 0.3) is 0 Å². The van der Waals surface area contributed by atoms with Gasteiger partial charge in [-0.05, 0) is 76.4 Å². The van der Waals surface area contributed by atoms with Crippen molar-refractivity contribution in [3.63, 3.8) is 0 Å². The van der Waals surface area contributed by atoms with Crippen LogP contribution in [-0.2, 0) is 22.1 Å². The predicted molar refractivity (Wildman–Crippen MR) is 112 cm³/mol. The van der Waals surface area contributed by atoms with Gasteiger partial charge in [-0.3, -0.25) is 4.90 Å². The summed E-state index contributed by atoms with van der Waals surface area (Å²) in [6.07, 6.45) is 6.11. The quantitative estimate of drug-likeness (QED) is 0.828. The highest BCUT2D eigenvalue weighted by Gasteiger charge is 2.35. The number of hydrogen-bond acceptors (Lipinski definition) is 4. The van der Waals surface area contributed by atoms with E-state index in [1.54, 1.807) is 12.1 Å². The molecule has 0 aliphatic carbocycles. The second-order valence-electron chi connectivity index (χ2n) is 8.95. The monoisotopic (exact) mass is 402 g/mol. The lowest BCUT2D eigenvalue weighted by Crippen LogP contribution is -2.51. The molecule has 2 aromatic rings. The van der Waals surface area contributed by atoms with E-state index in [2.05, 4.69) is 58.7 Å². The van der Waals surface area contributed by atoms with Crippen LogP contribution >= 0.6 is 0 Å². The number of nitrogens with zero attached hydrogens (tertiary/aromatic N) is 2. The average molecular weight is 403 g/mol. The summed E-state index contributed by atoms with van der Waals surface area (Å²) in [6.45, 7) is 9.53. The molecule has 3 heterocycles. The first kappa shape index (κ1) is 19.5. The first-order valence-electron chi connectivity index (χ1n) is 10.00. The summed E-state index contributed by atoms with van der Waals surface area (Å²) in [4.78, 5) is 2.80. The molecule has 0 amide bonds. The maximum absolute atomic E-state index is 12.6. The van der Waals surface area contributed by atoms with Crippen LogP contribution < -0.4 is 10.0 Å². The Bertz CT molecular complexity index is 937. The highest BCUT2D eigenvalue weighted by molar-refractivity contribution is 7.89. The number of piperidine rings is 1. The Morgan fingerprint density at radius 1 is 1.11 bits per heavy atom. The van der Waals surface area contributed by atoms with Crippen molar-refractivity contribution in [1.82, 2.24) is 14.2 Å². The molecule has 0 radical (unpaired) electrons. The number of anilines is 1. The van der Waals surface area contributed by atoms with E-state index in [4.69, 9.17) is 0 Å². The molecule has 6 nitrogen and oxygen atoms in total. The van der Waals surface area contributed by atoms with Gasteiger partial charge in [0.05, 0.1) is 11.9 Å². The highest BCUT2D eigenvalue weighted by atomic mass is 32.2. The predicted octanol–water partition coefficient (Wildman–Crippen LogP) is 3.19. The van der Waals surface area contributed by atoms with Crippen molar-refractivity contribution >= 4 is 15.7 Å². The molecular formula is C21H30N4O2S. The third-order valence-corrected chi connectivity index (χ3v) is 7.31. The number of rotatable bonds is 3. The van der Waals surface area contributed by atoms with Crippen molar-refractivity contribution in [1.29, 1.82) is 0 Å². The van der Waals surface area contributed by atoms with Crippen molar-refractivity contribution in [2.45, 2.75) is 56.8 Å². The van der Waals surface area contributed by atoms with E-state index in [1.807, 2.05) is 12.1 Å². The van der Waals surface area contributed by atoms with Gasteiger partial charge < -0.3 is 9.88 Å². The lowest BCUT2D eigenvalue weighted by Gasteiger charge is -2.38. The fourth-order valence-corrected chi connectivity index (χ4v) is 5.50. The summed E-state index contributed by atoms with van der Waals surface area (Å²) < 4.78 is 30.2. The smallest absolute Gasteiger partial charge is 0.244 e. The van der Waals surface area contributed by atoms with Crippen molar-refractivity contribution < 1.29 is 8.42 Å². The highest BCUT2D eigenvalue weighted by Crippen LogP contribution is 2.31. The Morgan fingerprint density at radius 2 is 1.82 bits per heavy atom. The minimum Gasteiger partial charge on any atom is -0.368 e. The fraction of sp³-hybridized carbons (Fsp3) is 0.524. The van der Waals surface area contributed by atoms with Crippen LogP contribution in [0.1, 0.15) is 39.2 Å². The molecule has 1 fully saturated rings. The fourth-order valence-electron chi connectivity index (χ4n) is 4.12. The van der Waals surface area contributed by atoms with Gasteiger partial charge in [0.2, 0.25) is 10.0 Å². The maximum atomic E-state index is 12.6. The molecule has 4 rings (SSSR count). The summed E-state index contributed by atoms with van der Waals surface area (Å²) in [5.41, 5.74) is 2.14. The van der Waals surface area contributed by atoms with Crippen LogP contribution in [0.15, 0.2) is 47.6 Å². The average Bonchev–Trinajstić information content (AvgIpc) is 3.11. The van der Waals surface area contributed by atoms with E-state index < -0.39 is 10.0 Å². The minimum atomic E-state index is -3.44. The van der Waals surface area contributed by atoms with Gasteiger partial charge in [0.1, 0.15) is 4.90 Å². The number of fused-ring (bicyclic) bond motifs is 1. The van der Waals surface area contributed by atoms with Crippen LogP contribution in [0, 0.1) is 5.92 Å². The molecule has 2 N–H and O–H groups in total. The van der Waals surface area contributed by atoms with Gasteiger partial charge in [-0.1, -0.05) is 12.1 Å². The van der Waals surface area contributed by atoms with Gasteiger partial charge in [-0.25, -0.2) is 8.42 Å². The van der Waals surface area contributed by atoms with Crippen molar-refractivity contribution in [3.05, 3.63) is 48.3 Å². The van der Waals surface area contributed by atoms with Crippen LogP contribution in [0.5, 0.6) is 0 Å². The first-order chi connectivity index (χ1) is 13.2. The van der Waals surface area contributed by atoms with Crippen LogP contribution in [-0.4, -0.2) is 37.1 Å². The Kier molecular flexibility index (Phi) is 5.02. The number of nitrogens with one attached hydrogen (secondary N) is 2. The summed E-state index contributed by atoms with van der Waals surface area (Å²) in [5, 5.41) is 3.39.